The number of oxazole rings is 1. The molecule has 1 aromatic heterocycles. The fraction of sp³-hybridized carbons (Fsp3) is 0.717. The molecule has 4 saturated carbocycles. The maximum atomic E-state index is 13.2. The fourth-order valence-corrected chi connectivity index (χ4v) is 14.2. The van der Waals surface area contributed by atoms with Crippen LogP contribution in [-0.2, 0) is 19.7 Å². The molecule has 0 aliphatic heterocycles. The normalized spacial score (nSPS) is 37.8. The summed E-state index contributed by atoms with van der Waals surface area (Å²) in [5.41, 5.74) is 3.26. The average molecular weight is 746 g/mol. The van der Waals surface area contributed by atoms with Gasteiger partial charge in [0.1, 0.15) is 6.10 Å². The first-order valence-corrected chi connectivity index (χ1v) is 21.0. The second-order valence-electron chi connectivity index (χ2n) is 20.3. The van der Waals surface area contributed by atoms with Crippen LogP contribution in [0.3, 0.4) is 0 Å². The van der Waals surface area contributed by atoms with Gasteiger partial charge in [0, 0.05) is 16.0 Å². The molecule has 1 N–H and O–H groups in total. The van der Waals surface area contributed by atoms with Gasteiger partial charge in [-0.2, -0.15) is 0 Å². The van der Waals surface area contributed by atoms with Gasteiger partial charge in [0.05, 0.1) is 23.4 Å². The minimum atomic E-state index is -1.14. The van der Waals surface area contributed by atoms with Gasteiger partial charge in [-0.25, -0.2) is 4.98 Å². The third kappa shape index (κ3) is 5.40. The van der Waals surface area contributed by atoms with Crippen molar-refractivity contribution in [1.29, 1.82) is 0 Å². The van der Waals surface area contributed by atoms with Crippen molar-refractivity contribution in [1.82, 2.24) is 4.98 Å². The number of allylic oxidation sites excluding steroid dienone is 2. The molecule has 0 saturated heterocycles. The summed E-state index contributed by atoms with van der Waals surface area (Å²) >= 11 is 6.24. The van der Waals surface area contributed by atoms with Crippen molar-refractivity contribution in [2.75, 3.05) is 0 Å². The third-order valence-corrected chi connectivity index (χ3v) is 17.3. The second kappa shape index (κ2) is 12.7. The topological polar surface area (TPSA) is 89.6 Å². The van der Waals surface area contributed by atoms with E-state index in [4.69, 9.17) is 25.7 Å². The third-order valence-electron chi connectivity index (χ3n) is 17.1. The lowest BCUT2D eigenvalue weighted by Crippen LogP contribution is -2.69. The zero-order valence-electron chi connectivity index (χ0n) is 34.1. The molecule has 2 aromatic rings. The van der Waals surface area contributed by atoms with Crippen molar-refractivity contribution in [3.05, 3.63) is 52.5 Å². The van der Waals surface area contributed by atoms with E-state index in [0.717, 1.165) is 73.6 Å². The first-order chi connectivity index (χ1) is 24.7. The Morgan fingerprint density at radius 2 is 1.64 bits per heavy atom. The highest BCUT2D eigenvalue weighted by Gasteiger charge is 2.74. The van der Waals surface area contributed by atoms with E-state index in [0.29, 0.717) is 17.8 Å². The highest BCUT2D eigenvalue weighted by atomic mass is 35.5. The average Bonchev–Trinajstić information content (AvgIpc) is 3.74. The Bertz CT molecular complexity index is 1810. The molecular weight excluding hydrogens is 682 g/mol. The Morgan fingerprint density at radius 3 is 2.28 bits per heavy atom. The van der Waals surface area contributed by atoms with Crippen LogP contribution in [0.1, 0.15) is 152 Å². The Kier molecular flexibility index (Phi) is 9.28. The number of carbonyl (C=O) groups is 2. The van der Waals surface area contributed by atoms with Gasteiger partial charge in [0.25, 0.3) is 0 Å². The molecule has 5 aliphatic carbocycles. The molecule has 8 atom stereocenters. The number of rotatable bonds is 8. The van der Waals surface area contributed by atoms with Crippen molar-refractivity contribution in [3.8, 4) is 11.3 Å². The molecule has 5 aliphatic rings. The van der Waals surface area contributed by atoms with Crippen molar-refractivity contribution in [2.24, 2.45) is 50.2 Å². The Hall–Kier alpha value is -2.60. The lowest BCUT2D eigenvalue weighted by Gasteiger charge is -2.75. The zero-order valence-corrected chi connectivity index (χ0v) is 34.8. The van der Waals surface area contributed by atoms with E-state index in [2.05, 4.69) is 55.4 Å². The molecule has 6 nitrogen and oxygen atoms in total. The summed E-state index contributed by atoms with van der Waals surface area (Å²) in [7, 11) is 0. The first kappa shape index (κ1) is 38.7. The van der Waals surface area contributed by atoms with Crippen LogP contribution in [0.2, 0.25) is 5.02 Å². The molecule has 4 fully saturated rings. The maximum absolute atomic E-state index is 13.2. The number of carbonyl (C=O) groups excluding carboxylic acids is 1. The monoisotopic (exact) mass is 745 g/mol. The molecule has 7 rings (SSSR count). The Morgan fingerprint density at radius 1 is 0.962 bits per heavy atom. The van der Waals surface area contributed by atoms with Crippen molar-refractivity contribution in [2.45, 2.75) is 158 Å². The standard InChI is InChI=1S/C46H64ClNO5/c1-11-46-23-18-34-42(8)20-19-35(53-36(49)26-40(4,5)39(50)51)41(6,7)33(42)17-21-43(34,9)44(46,10)24-25-45(22-16-31(28(2)3)37(45)46)38-48-27-32(52-38)29-12-14-30(47)15-13-29/h12-15,27-28,33-35H,11,16-26H2,1-10H3,(H,50,51). The molecule has 0 radical (unpaired) electrons. The van der Waals surface area contributed by atoms with Crippen LogP contribution < -0.4 is 0 Å². The summed E-state index contributed by atoms with van der Waals surface area (Å²) in [5.74, 6) is 1.83. The van der Waals surface area contributed by atoms with Gasteiger partial charge in [-0.1, -0.05) is 72.6 Å². The van der Waals surface area contributed by atoms with Gasteiger partial charge in [-0.3, -0.25) is 9.59 Å². The molecule has 8 unspecified atom stereocenters. The molecule has 7 heteroatoms. The molecule has 0 amide bonds. The largest absolute Gasteiger partial charge is 0.481 e. The number of hydrogen-bond acceptors (Lipinski definition) is 5. The van der Waals surface area contributed by atoms with Crippen molar-refractivity contribution < 1.29 is 23.8 Å². The lowest BCUT2D eigenvalue weighted by atomic mass is 9.29. The van der Waals surface area contributed by atoms with E-state index in [1.165, 1.54) is 19.3 Å². The summed E-state index contributed by atoms with van der Waals surface area (Å²) in [6.07, 6.45) is 13.7. The number of aromatic nitrogens is 1. The molecule has 1 aromatic carbocycles. The molecule has 53 heavy (non-hydrogen) atoms. The van der Waals surface area contributed by atoms with Gasteiger partial charge in [-0.15, -0.1) is 0 Å². The number of fused-ring (bicyclic) bond motifs is 7. The Balaban J connectivity index is 1.23. The number of aliphatic carboxylic acids is 1. The molecule has 1 heterocycles. The predicted molar refractivity (Wildman–Crippen MR) is 210 cm³/mol. The SMILES string of the molecule is CCC12CCC3C4(C)CCC(OC(=O)CC(C)(C)C(=O)O)C(C)(C)C4CCC3(C)C1(C)CCC1(c3ncc(-c4ccc(Cl)cc4)o3)CCC(C(C)C)=C12. The van der Waals surface area contributed by atoms with Crippen molar-refractivity contribution in [3.63, 3.8) is 0 Å². The van der Waals surface area contributed by atoms with E-state index >= 15 is 0 Å². The highest BCUT2D eigenvalue weighted by molar-refractivity contribution is 6.30. The van der Waals surface area contributed by atoms with Crippen LogP contribution in [-0.4, -0.2) is 28.1 Å². The van der Waals surface area contributed by atoms with Crippen LogP contribution >= 0.6 is 11.6 Å². The number of esters is 1. The summed E-state index contributed by atoms with van der Waals surface area (Å²) in [5, 5.41) is 10.4. The lowest BCUT2D eigenvalue weighted by molar-refractivity contribution is -0.251. The smallest absolute Gasteiger partial charge is 0.309 e. The molecule has 0 bridgehead atoms. The van der Waals surface area contributed by atoms with Gasteiger partial charge in [-0.05, 0) is 154 Å². The molecular formula is C46H64ClNO5. The summed E-state index contributed by atoms with van der Waals surface area (Å²) in [6, 6.07) is 7.90. The maximum Gasteiger partial charge on any atom is 0.309 e. The van der Waals surface area contributed by atoms with E-state index in [1.807, 2.05) is 30.5 Å². The summed E-state index contributed by atoms with van der Waals surface area (Å²) in [4.78, 5) is 30.1. The Labute approximate surface area is 323 Å². The number of carboxylic acid groups (broad SMARTS) is 1. The molecule has 290 valence electrons. The van der Waals surface area contributed by atoms with E-state index in [1.54, 1.807) is 25.0 Å². The van der Waals surface area contributed by atoms with Gasteiger partial charge in [0.2, 0.25) is 5.89 Å². The number of hydrogen-bond donors (Lipinski definition) is 1. The van der Waals surface area contributed by atoms with E-state index < -0.39 is 11.4 Å². The number of carboxylic acids is 1. The highest BCUT2D eigenvalue weighted by Crippen LogP contribution is 2.81. The fourth-order valence-electron chi connectivity index (χ4n) is 14.1. The van der Waals surface area contributed by atoms with Crippen molar-refractivity contribution >= 4 is 23.5 Å². The van der Waals surface area contributed by atoms with Crippen LogP contribution in [0.25, 0.3) is 11.3 Å². The van der Waals surface area contributed by atoms with E-state index in [-0.39, 0.29) is 51.0 Å². The molecule has 0 spiro atoms. The van der Waals surface area contributed by atoms with Gasteiger partial charge >= 0.3 is 11.9 Å². The van der Waals surface area contributed by atoms with Gasteiger partial charge in [0.15, 0.2) is 5.76 Å². The number of nitrogens with zero attached hydrogens (tertiary/aromatic N) is 1. The summed E-state index contributed by atoms with van der Waals surface area (Å²) in [6.45, 7) is 23.1. The second-order valence-corrected chi connectivity index (χ2v) is 20.7. The van der Waals surface area contributed by atoms with Crippen LogP contribution in [0, 0.1) is 50.2 Å². The number of ether oxygens (including phenoxy) is 1. The van der Waals surface area contributed by atoms with Crippen LogP contribution in [0.5, 0.6) is 0 Å². The van der Waals surface area contributed by atoms with Gasteiger partial charge < -0.3 is 14.3 Å². The van der Waals surface area contributed by atoms with Crippen LogP contribution in [0.4, 0.5) is 0 Å². The van der Waals surface area contributed by atoms with Crippen LogP contribution in [0.15, 0.2) is 46.0 Å². The predicted octanol–water partition coefficient (Wildman–Crippen LogP) is 12.2. The minimum absolute atomic E-state index is 0.0594. The van der Waals surface area contributed by atoms with E-state index in [9.17, 15) is 14.7 Å². The first-order valence-electron chi connectivity index (χ1n) is 20.6. The quantitative estimate of drug-likeness (QED) is 0.214. The summed E-state index contributed by atoms with van der Waals surface area (Å²) < 4.78 is 13.1. The number of benzene rings is 1. The number of halogens is 1. The minimum Gasteiger partial charge on any atom is -0.481 e. The zero-order chi connectivity index (χ0) is 38.6.